The van der Waals surface area contributed by atoms with Gasteiger partial charge in [0.2, 0.25) is 0 Å². The number of rotatable bonds is 9. The second-order valence-electron chi connectivity index (χ2n) is 6.33. The van der Waals surface area contributed by atoms with Gasteiger partial charge in [-0.05, 0) is 72.3 Å². The van der Waals surface area contributed by atoms with Crippen LogP contribution in [0.5, 0.6) is 0 Å². The fourth-order valence-corrected chi connectivity index (χ4v) is 2.41. The van der Waals surface area contributed by atoms with Crippen molar-refractivity contribution in [3.05, 3.63) is 46.6 Å². The summed E-state index contributed by atoms with van der Waals surface area (Å²) < 4.78 is 4.90. The standard InChI is InChI=1S/C20H30O2/c1-16(2)8-5-9-17(3)10-6-11-18(4)12-7-13-19-14-15-22-20(19)21/h8,10,12,14H,5-7,9,11,13,15H2,1-4H3/b17-10+,18-12+. The molecule has 0 unspecified atom stereocenters. The first-order valence-electron chi connectivity index (χ1n) is 8.30. The maximum Gasteiger partial charge on any atom is 0.334 e. The van der Waals surface area contributed by atoms with Crippen LogP contribution in [0.25, 0.3) is 0 Å². The van der Waals surface area contributed by atoms with Crippen molar-refractivity contribution in [1.29, 1.82) is 0 Å². The van der Waals surface area contributed by atoms with Gasteiger partial charge in [0.1, 0.15) is 6.61 Å². The summed E-state index contributed by atoms with van der Waals surface area (Å²) in [6.45, 7) is 9.14. The maximum absolute atomic E-state index is 11.3. The fourth-order valence-electron chi connectivity index (χ4n) is 2.41. The number of carbonyl (C=O) groups is 1. The third kappa shape index (κ3) is 8.02. The van der Waals surface area contributed by atoms with Crippen LogP contribution in [0.2, 0.25) is 0 Å². The molecule has 22 heavy (non-hydrogen) atoms. The summed E-state index contributed by atoms with van der Waals surface area (Å²) in [5.74, 6) is -0.138. The van der Waals surface area contributed by atoms with Crippen LogP contribution in [0.1, 0.15) is 66.2 Å². The highest BCUT2D eigenvalue weighted by molar-refractivity contribution is 5.90. The van der Waals surface area contributed by atoms with E-state index in [1.54, 1.807) is 0 Å². The largest absolute Gasteiger partial charge is 0.458 e. The molecule has 0 amide bonds. The molecule has 0 saturated heterocycles. The molecule has 122 valence electrons. The molecule has 0 spiro atoms. The highest BCUT2D eigenvalue weighted by atomic mass is 16.5. The van der Waals surface area contributed by atoms with Gasteiger partial charge in [0, 0.05) is 5.57 Å². The molecular weight excluding hydrogens is 272 g/mol. The molecule has 0 atom stereocenters. The van der Waals surface area contributed by atoms with Crippen molar-refractivity contribution in [3.8, 4) is 0 Å². The van der Waals surface area contributed by atoms with E-state index in [-0.39, 0.29) is 5.97 Å². The lowest BCUT2D eigenvalue weighted by atomic mass is 10.0. The van der Waals surface area contributed by atoms with Crippen LogP contribution in [-0.2, 0) is 9.53 Å². The quantitative estimate of drug-likeness (QED) is 0.405. The summed E-state index contributed by atoms with van der Waals surface area (Å²) >= 11 is 0. The molecule has 0 saturated carbocycles. The van der Waals surface area contributed by atoms with Crippen LogP contribution in [-0.4, -0.2) is 12.6 Å². The van der Waals surface area contributed by atoms with Crippen molar-refractivity contribution in [1.82, 2.24) is 0 Å². The van der Waals surface area contributed by atoms with Crippen LogP contribution in [0.3, 0.4) is 0 Å². The lowest BCUT2D eigenvalue weighted by Crippen LogP contribution is -1.98. The molecule has 0 aromatic rings. The molecule has 0 aromatic carbocycles. The van der Waals surface area contributed by atoms with Gasteiger partial charge < -0.3 is 4.74 Å². The van der Waals surface area contributed by atoms with E-state index in [1.165, 1.54) is 16.7 Å². The van der Waals surface area contributed by atoms with Crippen molar-refractivity contribution in [3.63, 3.8) is 0 Å². The van der Waals surface area contributed by atoms with E-state index in [1.807, 2.05) is 6.08 Å². The van der Waals surface area contributed by atoms with E-state index < -0.39 is 0 Å². The number of hydrogen-bond donors (Lipinski definition) is 0. The Bertz CT molecular complexity index is 486. The molecule has 0 N–H and O–H groups in total. The minimum atomic E-state index is -0.138. The van der Waals surface area contributed by atoms with E-state index in [0.29, 0.717) is 6.61 Å². The average molecular weight is 302 g/mol. The van der Waals surface area contributed by atoms with Gasteiger partial charge in [0.25, 0.3) is 0 Å². The molecule has 0 aliphatic carbocycles. The van der Waals surface area contributed by atoms with Crippen LogP contribution in [0.15, 0.2) is 46.6 Å². The topological polar surface area (TPSA) is 26.3 Å². The van der Waals surface area contributed by atoms with Crippen molar-refractivity contribution in [2.24, 2.45) is 0 Å². The van der Waals surface area contributed by atoms with Crippen molar-refractivity contribution < 1.29 is 9.53 Å². The lowest BCUT2D eigenvalue weighted by Gasteiger charge is -2.02. The molecule has 1 aliphatic heterocycles. The summed E-state index contributed by atoms with van der Waals surface area (Å²) in [6, 6.07) is 0. The van der Waals surface area contributed by atoms with E-state index in [4.69, 9.17) is 4.74 Å². The number of cyclic esters (lactones) is 1. The van der Waals surface area contributed by atoms with Gasteiger partial charge in [-0.25, -0.2) is 4.79 Å². The third-order valence-corrected chi connectivity index (χ3v) is 3.84. The molecule has 2 nitrogen and oxygen atoms in total. The Labute approximate surface area is 135 Å². The molecule has 0 bridgehead atoms. The SMILES string of the molecule is CC(C)=CCC/C(C)=C/CC/C(C)=C/CCC1=CCOC1=O. The third-order valence-electron chi connectivity index (χ3n) is 3.84. The monoisotopic (exact) mass is 302 g/mol. The Morgan fingerprint density at radius 3 is 2.14 bits per heavy atom. The normalized spacial score (nSPS) is 15.6. The Kier molecular flexibility index (Phi) is 8.57. The van der Waals surface area contributed by atoms with Gasteiger partial charge in [-0.15, -0.1) is 0 Å². The van der Waals surface area contributed by atoms with Gasteiger partial charge in [-0.3, -0.25) is 0 Å². The first-order valence-corrected chi connectivity index (χ1v) is 8.30. The van der Waals surface area contributed by atoms with E-state index >= 15 is 0 Å². The van der Waals surface area contributed by atoms with E-state index in [2.05, 4.69) is 45.9 Å². The number of carbonyl (C=O) groups excluding carboxylic acids is 1. The first-order chi connectivity index (χ1) is 10.5. The molecule has 1 aliphatic rings. The molecule has 2 heteroatoms. The van der Waals surface area contributed by atoms with Gasteiger partial charge in [-0.2, -0.15) is 0 Å². The zero-order valence-corrected chi connectivity index (χ0v) is 14.6. The smallest absolute Gasteiger partial charge is 0.334 e. The van der Waals surface area contributed by atoms with Crippen LogP contribution in [0, 0.1) is 0 Å². The summed E-state index contributed by atoms with van der Waals surface area (Å²) in [5.41, 5.74) is 5.11. The zero-order chi connectivity index (χ0) is 16.4. The number of hydrogen-bond acceptors (Lipinski definition) is 2. The number of allylic oxidation sites excluding steroid dienone is 6. The van der Waals surface area contributed by atoms with E-state index in [9.17, 15) is 4.79 Å². The summed E-state index contributed by atoms with van der Waals surface area (Å²) in [6.07, 6.45) is 15.0. The lowest BCUT2D eigenvalue weighted by molar-refractivity contribution is -0.136. The average Bonchev–Trinajstić information content (AvgIpc) is 2.84. The number of esters is 1. The zero-order valence-electron chi connectivity index (χ0n) is 14.6. The molecule has 0 aromatic heterocycles. The predicted octanol–water partition coefficient (Wildman–Crippen LogP) is 5.67. The summed E-state index contributed by atoms with van der Waals surface area (Å²) in [7, 11) is 0. The van der Waals surface area contributed by atoms with Gasteiger partial charge in [0.05, 0.1) is 0 Å². The Morgan fingerprint density at radius 2 is 1.59 bits per heavy atom. The van der Waals surface area contributed by atoms with Crippen LogP contribution >= 0.6 is 0 Å². The summed E-state index contributed by atoms with van der Waals surface area (Å²) in [5, 5.41) is 0. The van der Waals surface area contributed by atoms with Crippen molar-refractivity contribution in [2.45, 2.75) is 66.2 Å². The van der Waals surface area contributed by atoms with Gasteiger partial charge >= 0.3 is 5.97 Å². The van der Waals surface area contributed by atoms with Gasteiger partial charge in [0.15, 0.2) is 0 Å². The predicted molar refractivity (Wildman–Crippen MR) is 93.7 cm³/mol. The first kappa shape index (κ1) is 18.5. The fraction of sp³-hybridized carbons (Fsp3) is 0.550. The highest BCUT2D eigenvalue weighted by Gasteiger charge is 2.14. The molecule has 0 radical (unpaired) electrons. The molecular formula is C20H30O2. The second-order valence-corrected chi connectivity index (χ2v) is 6.33. The van der Waals surface area contributed by atoms with Crippen LogP contribution < -0.4 is 0 Å². The van der Waals surface area contributed by atoms with Crippen molar-refractivity contribution >= 4 is 5.97 Å². The Hall–Kier alpha value is -1.57. The maximum atomic E-state index is 11.3. The summed E-state index contributed by atoms with van der Waals surface area (Å²) in [4.78, 5) is 11.3. The van der Waals surface area contributed by atoms with Crippen LogP contribution in [0.4, 0.5) is 0 Å². The Balaban J connectivity index is 2.21. The second kappa shape index (κ2) is 10.2. The molecule has 1 rings (SSSR count). The molecule has 0 fully saturated rings. The van der Waals surface area contributed by atoms with Crippen molar-refractivity contribution in [2.75, 3.05) is 6.61 Å². The molecule has 1 heterocycles. The van der Waals surface area contributed by atoms with Gasteiger partial charge in [-0.1, -0.05) is 34.9 Å². The number of ether oxygens (including phenoxy) is 1. The minimum Gasteiger partial charge on any atom is -0.458 e. The minimum absolute atomic E-state index is 0.138. The highest BCUT2D eigenvalue weighted by Crippen LogP contribution is 2.16. The van der Waals surface area contributed by atoms with E-state index in [0.717, 1.165) is 44.1 Å². The Morgan fingerprint density at radius 1 is 1.00 bits per heavy atom.